The highest BCUT2D eigenvalue weighted by Gasteiger charge is 2.44. The molecule has 0 saturated heterocycles. The topological polar surface area (TPSA) is 58.3 Å². The van der Waals surface area contributed by atoms with Crippen molar-refractivity contribution in [1.82, 2.24) is 0 Å². The minimum absolute atomic E-state index is 0.0635. The van der Waals surface area contributed by atoms with Crippen LogP contribution in [0.5, 0.6) is 0 Å². The third kappa shape index (κ3) is 7.71. The van der Waals surface area contributed by atoms with Crippen molar-refractivity contribution < 1.29 is 4.58 Å². The Morgan fingerprint density at radius 3 is 2.15 bits per heavy atom. The molecule has 1 aliphatic carbocycles. The van der Waals surface area contributed by atoms with Gasteiger partial charge in [-0.3, -0.25) is 0 Å². The molecule has 5 heteroatoms. The number of unbranched alkanes of at least 4 members (excludes halogenated alkanes) is 6. The minimum atomic E-state index is -0.0635. The number of nitrogens with two attached hydrogens (primary N) is 2. The van der Waals surface area contributed by atoms with Gasteiger partial charge in [-0.25, -0.2) is 0 Å². The smallest absolute Gasteiger partial charge is 0.209 e. The summed E-state index contributed by atoms with van der Waals surface area (Å²) in [6.07, 6.45) is 21.8. The third-order valence-electron chi connectivity index (χ3n) is 10.6. The van der Waals surface area contributed by atoms with Crippen LogP contribution >= 0.6 is 11.6 Å². The second-order valence-electron chi connectivity index (χ2n) is 14.6. The summed E-state index contributed by atoms with van der Waals surface area (Å²) in [7, 11) is 0. The SMILES string of the molecule is CC1(C)C(/C=C/C2=C(Cl)C(=C/C=C3/N(CCCCCCN)c4ccccc4C3(C)C)/CCC2)=[N+](CCCCCCN)c2ccccc21. The maximum Gasteiger partial charge on any atom is 0.209 e. The van der Waals surface area contributed by atoms with E-state index in [-0.39, 0.29) is 10.8 Å². The summed E-state index contributed by atoms with van der Waals surface area (Å²) in [5.74, 6) is 0. The normalized spacial score (nSPS) is 20.3. The Hall–Kier alpha value is -2.92. The Morgan fingerprint density at radius 2 is 1.40 bits per heavy atom. The number of nitrogens with zero attached hydrogens (tertiary/aromatic N) is 2. The average Bonchev–Trinajstić information content (AvgIpc) is 3.42. The molecule has 2 heterocycles. The van der Waals surface area contributed by atoms with Crippen molar-refractivity contribution in [2.45, 2.75) is 109 Å². The van der Waals surface area contributed by atoms with Gasteiger partial charge in [0.15, 0.2) is 5.71 Å². The van der Waals surface area contributed by atoms with Crippen molar-refractivity contribution in [1.29, 1.82) is 0 Å². The van der Waals surface area contributed by atoms with Crippen LogP contribution in [0.25, 0.3) is 0 Å². The molecule has 47 heavy (non-hydrogen) atoms. The van der Waals surface area contributed by atoms with Crippen LogP contribution in [0.15, 0.2) is 94.7 Å². The zero-order valence-corrected chi connectivity index (χ0v) is 30.2. The monoisotopic (exact) mass is 653 g/mol. The van der Waals surface area contributed by atoms with Crippen LogP contribution in [-0.2, 0) is 10.8 Å². The van der Waals surface area contributed by atoms with Gasteiger partial charge in [0.2, 0.25) is 5.69 Å². The fourth-order valence-corrected chi connectivity index (χ4v) is 8.18. The van der Waals surface area contributed by atoms with Crippen molar-refractivity contribution in [2.24, 2.45) is 11.5 Å². The lowest BCUT2D eigenvalue weighted by molar-refractivity contribution is -0.438. The number of fused-ring (bicyclic) bond motifs is 2. The highest BCUT2D eigenvalue weighted by Crippen LogP contribution is 2.48. The number of anilines is 1. The van der Waals surface area contributed by atoms with Crippen molar-refractivity contribution in [3.05, 3.63) is 106 Å². The Kier molecular flexibility index (Phi) is 12.0. The van der Waals surface area contributed by atoms with Gasteiger partial charge in [-0.1, -0.05) is 93.3 Å². The van der Waals surface area contributed by atoms with Crippen LogP contribution in [0.3, 0.4) is 0 Å². The lowest BCUT2D eigenvalue weighted by Crippen LogP contribution is -2.28. The Balaban J connectivity index is 1.42. The van der Waals surface area contributed by atoms with E-state index in [9.17, 15) is 0 Å². The molecule has 4 nitrogen and oxygen atoms in total. The summed E-state index contributed by atoms with van der Waals surface area (Å²) < 4.78 is 2.55. The molecule has 0 amide bonds. The summed E-state index contributed by atoms with van der Waals surface area (Å²) in [5, 5.41) is 0.924. The molecule has 0 unspecified atom stereocenters. The fraction of sp³-hybridized carbons (Fsp3) is 0.500. The summed E-state index contributed by atoms with van der Waals surface area (Å²) in [4.78, 5) is 2.55. The van der Waals surface area contributed by atoms with E-state index in [4.69, 9.17) is 23.1 Å². The lowest BCUT2D eigenvalue weighted by atomic mass is 9.81. The van der Waals surface area contributed by atoms with Crippen molar-refractivity contribution in [2.75, 3.05) is 31.1 Å². The highest BCUT2D eigenvalue weighted by atomic mass is 35.5. The van der Waals surface area contributed by atoms with Crippen LogP contribution in [0.1, 0.15) is 109 Å². The zero-order valence-electron chi connectivity index (χ0n) is 29.5. The molecule has 0 fully saturated rings. The number of hydrogen-bond donors (Lipinski definition) is 2. The molecular formula is C42H58ClN4+. The first-order chi connectivity index (χ1) is 22.7. The molecule has 4 N–H and O–H groups in total. The number of benzene rings is 2. The molecule has 3 aliphatic rings. The molecule has 252 valence electrons. The summed E-state index contributed by atoms with van der Waals surface area (Å²) >= 11 is 7.25. The van der Waals surface area contributed by atoms with Gasteiger partial charge in [0, 0.05) is 52.5 Å². The van der Waals surface area contributed by atoms with E-state index < -0.39 is 0 Å². The Morgan fingerprint density at radius 1 is 0.745 bits per heavy atom. The zero-order chi connectivity index (χ0) is 33.4. The number of rotatable bonds is 15. The fourth-order valence-electron chi connectivity index (χ4n) is 7.87. The minimum Gasteiger partial charge on any atom is -0.344 e. The first kappa shape index (κ1) is 35.4. The second kappa shape index (κ2) is 16.0. The molecule has 2 aromatic carbocycles. The molecule has 0 bridgehead atoms. The van der Waals surface area contributed by atoms with E-state index in [0.29, 0.717) is 0 Å². The molecule has 2 aliphatic heterocycles. The van der Waals surface area contributed by atoms with Gasteiger partial charge >= 0.3 is 0 Å². The van der Waals surface area contributed by atoms with Gasteiger partial charge in [0.25, 0.3) is 0 Å². The number of para-hydroxylation sites is 2. The van der Waals surface area contributed by atoms with E-state index >= 15 is 0 Å². The van der Waals surface area contributed by atoms with Crippen LogP contribution in [0, 0.1) is 0 Å². The first-order valence-electron chi connectivity index (χ1n) is 18.2. The van der Waals surface area contributed by atoms with E-state index in [1.165, 1.54) is 70.7 Å². The quantitative estimate of drug-likeness (QED) is 0.149. The standard InChI is InChI=1S/C42H58ClN4/c1-41(2)34-20-9-11-22-36(34)46(30-15-7-5-13-28-44)38(41)26-24-32-18-17-19-33(40(32)43)25-27-39-42(3,4)35-21-10-12-23-37(35)47(39)31-16-8-6-14-29-45/h9-12,20-27H,5-8,13-19,28-31,44-45H2,1-4H3/q+1. The van der Waals surface area contributed by atoms with Crippen LogP contribution in [-0.4, -0.2) is 36.5 Å². The molecule has 0 radical (unpaired) electrons. The molecule has 0 aromatic heterocycles. The molecule has 0 saturated carbocycles. The van der Waals surface area contributed by atoms with Gasteiger partial charge in [0.1, 0.15) is 6.54 Å². The van der Waals surface area contributed by atoms with Crippen molar-refractivity contribution in [3.63, 3.8) is 0 Å². The molecule has 2 aromatic rings. The molecular weight excluding hydrogens is 596 g/mol. The van der Waals surface area contributed by atoms with E-state index in [2.05, 4.69) is 110 Å². The predicted molar refractivity (Wildman–Crippen MR) is 203 cm³/mol. The van der Waals surface area contributed by atoms with Crippen molar-refractivity contribution in [3.8, 4) is 0 Å². The number of allylic oxidation sites excluding steroid dienone is 8. The van der Waals surface area contributed by atoms with Gasteiger partial charge in [-0.15, -0.1) is 0 Å². The lowest BCUT2D eigenvalue weighted by Gasteiger charge is -2.27. The summed E-state index contributed by atoms with van der Waals surface area (Å²) in [5.41, 5.74) is 22.1. The number of hydrogen-bond acceptors (Lipinski definition) is 3. The van der Waals surface area contributed by atoms with Crippen LogP contribution in [0.2, 0.25) is 0 Å². The summed E-state index contributed by atoms with van der Waals surface area (Å²) in [6, 6.07) is 17.8. The Labute approximate surface area is 290 Å². The van der Waals surface area contributed by atoms with Gasteiger partial charge in [0.05, 0.1) is 5.41 Å². The molecule has 5 rings (SSSR count). The van der Waals surface area contributed by atoms with Crippen molar-refractivity contribution >= 4 is 28.7 Å². The van der Waals surface area contributed by atoms with Crippen LogP contribution < -0.4 is 16.4 Å². The Bertz CT molecular complexity index is 1550. The highest BCUT2D eigenvalue weighted by molar-refractivity contribution is 6.32. The second-order valence-corrected chi connectivity index (χ2v) is 15.0. The van der Waals surface area contributed by atoms with Crippen LogP contribution in [0.4, 0.5) is 11.4 Å². The van der Waals surface area contributed by atoms with E-state index in [1.807, 2.05) is 0 Å². The van der Waals surface area contributed by atoms with E-state index in [0.717, 1.165) is 76.2 Å². The average molecular weight is 654 g/mol. The molecule has 0 atom stereocenters. The third-order valence-corrected chi connectivity index (χ3v) is 11.1. The van der Waals surface area contributed by atoms with Gasteiger partial charge in [-0.2, -0.15) is 4.58 Å². The number of halogens is 1. The largest absolute Gasteiger partial charge is 0.344 e. The van der Waals surface area contributed by atoms with Gasteiger partial charge in [-0.05, 0) is 101 Å². The predicted octanol–water partition coefficient (Wildman–Crippen LogP) is 9.94. The van der Waals surface area contributed by atoms with E-state index in [1.54, 1.807) is 0 Å². The maximum absolute atomic E-state index is 7.25. The summed E-state index contributed by atoms with van der Waals surface area (Å²) in [6.45, 7) is 13.1. The molecule has 0 spiro atoms. The maximum atomic E-state index is 7.25. The first-order valence-corrected chi connectivity index (χ1v) is 18.6. The van der Waals surface area contributed by atoms with Gasteiger partial charge < -0.3 is 16.4 Å².